The van der Waals surface area contributed by atoms with Gasteiger partial charge in [-0.3, -0.25) is 9.79 Å². The maximum absolute atomic E-state index is 13.4. The molecule has 1 heterocycles. The molecule has 0 unspecified atom stereocenters. The molecule has 29 heavy (non-hydrogen) atoms. The zero-order valence-electron chi connectivity index (χ0n) is 17.2. The Kier molecular flexibility index (Phi) is 12.3. The van der Waals surface area contributed by atoms with Crippen molar-refractivity contribution < 1.29 is 13.9 Å². The molecule has 0 saturated heterocycles. The Hall–Kier alpha value is -1.84. The molecule has 0 radical (unpaired) electrons. The molecule has 162 valence electrons. The normalized spacial score (nSPS) is 11.2. The van der Waals surface area contributed by atoms with Gasteiger partial charge in [-0.05, 0) is 49.9 Å². The molecule has 0 atom stereocenters. The van der Waals surface area contributed by atoms with E-state index in [0.717, 1.165) is 61.1 Å². The third-order valence-electron chi connectivity index (χ3n) is 4.55. The van der Waals surface area contributed by atoms with Crippen molar-refractivity contribution in [3.8, 4) is 0 Å². The van der Waals surface area contributed by atoms with Crippen molar-refractivity contribution in [3.05, 3.63) is 35.8 Å². The van der Waals surface area contributed by atoms with Crippen LogP contribution in [0, 0.1) is 5.82 Å². The van der Waals surface area contributed by atoms with Crippen LogP contribution in [0.5, 0.6) is 0 Å². The summed E-state index contributed by atoms with van der Waals surface area (Å²) in [7, 11) is 1.75. The van der Waals surface area contributed by atoms with Gasteiger partial charge in [0.25, 0.3) is 0 Å². The van der Waals surface area contributed by atoms with E-state index in [4.69, 9.17) is 4.74 Å². The van der Waals surface area contributed by atoms with Crippen molar-refractivity contribution in [2.24, 2.45) is 4.99 Å². The number of ether oxygens (including phenoxy) is 1. The highest BCUT2D eigenvalue weighted by atomic mass is 127. The average molecular weight is 518 g/mol. The molecule has 2 aromatic rings. The molecule has 8 heteroatoms. The molecule has 0 spiro atoms. The number of hydrogen-bond donors (Lipinski definition) is 3. The van der Waals surface area contributed by atoms with Crippen LogP contribution >= 0.6 is 24.0 Å². The fourth-order valence-electron chi connectivity index (χ4n) is 3.08. The highest BCUT2D eigenvalue weighted by molar-refractivity contribution is 14.0. The van der Waals surface area contributed by atoms with Gasteiger partial charge in [0.05, 0.1) is 6.61 Å². The minimum absolute atomic E-state index is 0. The smallest absolute Gasteiger partial charge is 0.305 e. The Bertz CT molecular complexity index is 779. The molecule has 0 aliphatic heterocycles. The summed E-state index contributed by atoms with van der Waals surface area (Å²) in [5.41, 5.74) is 2.03. The van der Waals surface area contributed by atoms with E-state index in [0.29, 0.717) is 19.6 Å². The first-order chi connectivity index (χ1) is 13.6. The summed E-state index contributed by atoms with van der Waals surface area (Å²) in [4.78, 5) is 18.7. The topological polar surface area (TPSA) is 78.5 Å². The van der Waals surface area contributed by atoms with Gasteiger partial charge < -0.3 is 20.4 Å². The number of nitrogens with zero attached hydrogens (tertiary/aromatic N) is 1. The molecule has 1 aromatic heterocycles. The summed E-state index contributed by atoms with van der Waals surface area (Å²) in [5.74, 6) is 0.432. The molecule has 2 rings (SSSR count). The summed E-state index contributed by atoms with van der Waals surface area (Å²) in [6.07, 6.45) is 7.18. The van der Waals surface area contributed by atoms with Crippen LogP contribution in [0.3, 0.4) is 0 Å². The third-order valence-corrected chi connectivity index (χ3v) is 4.55. The number of unbranched alkanes of at least 4 members (excludes halogenated alkanes) is 3. The van der Waals surface area contributed by atoms with Gasteiger partial charge in [0.15, 0.2) is 5.96 Å². The van der Waals surface area contributed by atoms with Gasteiger partial charge in [-0.25, -0.2) is 4.39 Å². The van der Waals surface area contributed by atoms with E-state index in [-0.39, 0.29) is 35.8 Å². The van der Waals surface area contributed by atoms with Crippen LogP contribution in [0.2, 0.25) is 0 Å². The molecule has 1 aromatic carbocycles. The number of aromatic amines is 1. The third kappa shape index (κ3) is 9.01. The fourth-order valence-corrected chi connectivity index (χ4v) is 3.08. The summed E-state index contributed by atoms with van der Waals surface area (Å²) in [5, 5.41) is 7.51. The van der Waals surface area contributed by atoms with Gasteiger partial charge in [0.1, 0.15) is 5.82 Å². The maximum Gasteiger partial charge on any atom is 0.305 e. The Morgan fingerprint density at radius 2 is 1.93 bits per heavy atom. The average Bonchev–Trinajstić information content (AvgIpc) is 3.08. The van der Waals surface area contributed by atoms with E-state index in [1.54, 1.807) is 19.2 Å². The van der Waals surface area contributed by atoms with Crippen molar-refractivity contribution >= 4 is 46.8 Å². The highest BCUT2D eigenvalue weighted by Gasteiger charge is 2.05. The van der Waals surface area contributed by atoms with E-state index >= 15 is 0 Å². The second kappa shape index (κ2) is 14.2. The number of esters is 1. The molecule has 0 aliphatic carbocycles. The molecule has 0 bridgehead atoms. The zero-order chi connectivity index (χ0) is 20.2. The first-order valence-electron chi connectivity index (χ1n) is 9.99. The van der Waals surface area contributed by atoms with Gasteiger partial charge in [-0.2, -0.15) is 0 Å². The molecule has 0 amide bonds. The number of carbonyl (C=O) groups is 1. The number of guanidine groups is 1. The minimum atomic E-state index is -0.221. The molecule has 3 N–H and O–H groups in total. The number of H-pyrrole nitrogens is 1. The maximum atomic E-state index is 13.4. The Morgan fingerprint density at radius 1 is 1.17 bits per heavy atom. The van der Waals surface area contributed by atoms with Gasteiger partial charge in [-0.15, -0.1) is 24.0 Å². The summed E-state index contributed by atoms with van der Waals surface area (Å²) in [6, 6.07) is 4.79. The molecular formula is C21H32FIN4O2. The van der Waals surface area contributed by atoms with E-state index in [1.165, 1.54) is 6.07 Å². The van der Waals surface area contributed by atoms with Crippen LogP contribution in [-0.2, 0) is 16.0 Å². The number of rotatable bonds is 11. The van der Waals surface area contributed by atoms with E-state index in [2.05, 4.69) is 20.6 Å². The van der Waals surface area contributed by atoms with Gasteiger partial charge in [0.2, 0.25) is 0 Å². The number of hydrogen-bond acceptors (Lipinski definition) is 3. The van der Waals surface area contributed by atoms with Crippen LogP contribution in [0.15, 0.2) is 29.4 Å². The second-order valence-electron chi connectivity index (χ2n) is 6.65. The van der Waals surface area contributed by atoms with E-state index in [1.807, 2.05) is 13.1 Å². The summed E-state index contributed by atoms with van der Waals surface area (Å²) < 4.78 is 18.4. The fraction of sp³-hybridized carbons (Fsp3) is 0.524. The number of benzene rings is 1. The minimum Gasteiger partial charge on any atom is -0.466 e. The number of nitrogens with one attached hydrogen (secondary N) is 3. The monoisotopic (exact) mass is 518 g/mol. The lowest BCUT2D eigenvalue weighted by molar-refractivity contribution is -0.143. The summed E-state index contributed by atoms with van der Waals surface area (Å²) in [6.45, 7) is 3.82. The van der Waals surface area contributed by atoms with Crippen molar-refractivity contribution in [1.29, 1.82) is 0 Å². The lowest BCUT2D eigenvalue weighted by atomic mass is 10.1. The standard InChI is InChI=1S/C21H31FN4O2.HI/c1-3-28-20(27)8-6-4-5-7-12-24-21(23-2)25-13-11-16-15-26-19-10-9-17(22)14-18(16)19;/h9-10,14-15,26H,3-8,11-13H2,1-2H3,(H2,23,24,25);1H. The quantitative estimate of drug-likeness (QED) is 0.137. The van der Waals surface area contributed by atoms with Crippen molar-refractivity contribution in [2.45, 2.75) is 45.4 Å². The summed E-state index contributed by atoms with van der Waals surface area (Å²) >= 11 is 0. The Morgan fingerprint density at radius 3 is 2.69 bits per heavy atom. The van der Waals surface area contributed by atoms with Crippen molar-refractivity contribution in [1.82, 2.24) is 15.6 Å². The van der Waals surface area contributed by atoms with Crippen LogP contribution in [0.1, 0.15) is 44.6 Å². The van der Waals surface area contributed by atoms with Gasteiger partial charge in [0, 0.05) is 43.7 Å². The molecule has 0 aliphatic rings. The SMILES string of the molecule is CCOC(=O)CCCCCCNC(=NC)NCCc1c[nH]c2ccc(F)cc12.I. The number of halogens is 2. The number of aromatic nitrogens is 1. The molecular weight excluding hydrogens is 486 g/mol. The Labute approximate surface area is 189 Å². The van der Waals surface area contributed by atoms with Crippen LogP contribution in [-0.4, -0.2) is 43.7 Å². The van der Waals surface area contributed by atoms with Gasteiger partial charge in [-0.1, -0.05) is 12.8 Å². The lowest BCUT2D eigenvalue weighted by Gasteiger charge is -2.11. The second-order valence-corrected chi connectivity index (χ2v) is 6.65. The zero-order valence-corrected chi connectivity index (χ0v) is 19.6. The number of aliphatic imine (C=N–C) groups is 1. The van der Waals surface area contributed by atoms with Crippen molar-refractivity contribution in [3.63, 3.8) is 0 Å². The van der Waals surface area contributed by atoms with E-state index < -0.39 is 0 Å². The van der Waals surface area contributed by atoms with Crippen LogP contribution in [0.25, 0.3) is 10.9 Å². The largest absolute Gasteiger partial charge is 0.466 e. The van der Waals surface area contributed by atoms with Gasteiger partial charge >= 0.3 is 5.97 Å². The molecule has 6 nitrogen and oxygen atoms in total. The van der Waals surface area contributed by atoms with E-state index in [9.17, 15) is 9.18 Å². The van der Waals surface area contributed by atoms with Crippen LogP contribution in [0.4, 0.5) is 4.39 Å². The van der Waals surface area contributed by atoms with Crippen molar-refractivity contribution in [2.75, 3.05) is 26.7 Å². The first-order valence-corrected chi connectivity index (χ1v) is 9.99. The number of fused-ring (bicyclic) bond motifs is 1. The highest BCUT2D eigenvalue weighted by Crippen LogP contribution is 2.19. The predicted molar refractivity (Wildman–Crippen MR) is 126 cm³/mol. The molecule has 0 fully saturated rings. The van der Waals surface area contributed by atoms with Crippen LogP contribution < -0.4 is 10.6 Å². The molecule has 0 saturated carbocycles. The lowest BCUT2D eigenvalue weighted by Crippen LogP contribution is -2.38. The Balaban J connectivity index is 0.00000420. The predicted octanol–water partition coefficient (Wildman–Crippen LogP) is 4.15. The first kappa shape index (κ1) is 25.2. The number of carbonyl (C=O) groups excluding carboxylic acids is 1.